The predicted octanol–water partition coefficient (Wildman–Crippen LogP) is 3.14. The van der Waals surface area contributed by atoms with Crippen LogP contribution in [0.25, 0.3) is 11.0 Å². The smallest absolute Gasteiger partial charge is 0.191 e. The number of nitrogens with zero attached hydrogens (tertiary/aromatic N) is 2. The molecule has 6 heteroatoms. The van der Waals surface area contributed by atoms with Crippen molar-refractivity contribution in [2.75, 3.05) is 20.1 Å². The molecule has 0 amide bonds. The fourth-order valence-corrected chi connectivity index (χ4v) is 3.43. The topological polar surface area (TPSA) is 65.1 Å². The van der Waals surface area contributed by atoms with Crippen LogP contribution in [-0.4, -0.2) is 36.1 Å². The lowest BCUT2D eigenvalue weighted by molar-refractivity contribution is 0.607. The molecule has 1 aliphatic carbocycles. The van der Waals surface area contributed by atoms with Crippen molar-refractivity contribution >= 4 is 17.0 Å². The normalized spacial score (nSPS) is 15.7. The number of halogens is 1. The molecule has 2 aromatic carbocycles. The van der Waals surface area contributed by atoms with Crippen LogP contribution < -0.4 is 10.6 Å². The Bertz CT molecular complexity index is 925. The third kappa shape index (κ3) is 3.94. The maximum Gasteiger partial charge on any atom is 0.191 e. The number of benzene rings is 2. The van der Waals surface area contributed by atoms with Crippen molar-refractivity contribution in [3.05, 3.63) is 65.7 Å². The Labute approximate surface area is 158 Å². The number of nitrogens with one attached hydrogen (secondary N) is 3. The van der Waals surface area contributed by atoms with Gasteiger partial charge in [0.05, 0.1) is 11.0 Å². The minimum absolute atomic E-state index is 0.0262. The van der Waals surface area contributed by atoms with Crippen LogP contribution in [0.2, 0.25) is 0 Å². The van der Waals surface area contributed by atoms with Crippen LogP contribution in [-0.2, 0) is 11.8 Å². The molecule has 0 aliphatic heterocycles. The number of aromatic amines is 1. The fraction of sp³-hybridized carbons (Fsp3) is 0.333. The molecule has 0 radical (unpaired) electrons. The second-order valence-electron chi connectivity index (χ2n) is 7.09. The van der Waals surface area contributed by atoms with Gasteiger partial charge in [-0.25, -0.2) is 9.37 Å². The predicted molar refractivity (Wildman–Crippen MR) is 106 cm³/mol. The summed E-state index contributed by atoms with van der Waals surface area (Å²) in [5, 5.41) is 6.72. The number of aromatic nitrogens is 2. The van der Waals surface area contributed by atoms with Gasteiger partial charge in [0.25, 0.3) is 0 Å². The molecule has 0 bridgehead atoms. The summed E-state index contributed by atoms with van der Waals surface area (Å²) in [5.74, 6) is 1.54. The van der Waals surface area contributed by atoms with Crippen LogP contribution in [0, 0.1) is 5.82 Å². The summed E-state index contributed by atoms with van der Waals surface area (Å²) >= 11 is 0. The highest BCUT2D eigenvalue weighted by molar-refractivity contribution is 5.80. The fourth-order valence-electron chi connectivity index (χ4n) is 3.43. The van der Waals surface area contributed by atoms with Gasteiger partial charge >= 0.3 is 0 Å². The van der Waals surface area contributed by atoms with E-state index in [1.54, 1.807) is 19.2 Å². The third-order valence-corrected chi connectivity index (χ3v) is 5.20. The molecular weight excluding hydrogens is 341 g/mol. The van der Waals surface area contributed by atoms with Crippen LogP contribution in [0.5, 0.6) is 0 Å². The summed E-state index contributed by atoms with van der Waals surface area (Å²) in [6.45, 7) is 1.48. The monoisotopic (exact) mass is 365 g/mol. The number of H-pyrrole nitrogens is 1. The molecule has 3 N–H and O–H groups in total. The molecule has 3 aromatic rings. The van der Waals surface area contributed by atoms with E-state index in [4.69, 9.17) is 0 Å². The van der Waals surface area contributed by atoms with Crippen molar-refractivity contribution in [1.29, 1.82) is 0 Å². The van der Waals surface area contributed by atoms with Crippen molar-refractivity contribution in [3.63, 3.8) is 0 Å². The van der Waals surface area contributed by atoms with Gasteiger partial charge in [-0.3, -0.25) is 4.99 Å². The summed E-state index contributed by atoms with van der Waals surface area (Å²) in [7, 11) is 1.76. The van der Waals surface area contributed by atoms with Gasteiger partial charge in [-0.15, -0.1) is 0 Å². The summed E-state index contributed by atoms with van der Waals surface area (Å²) in [5.41, 5.74) is 3.13. The van der Waals surface area contributed by atoms with Crippen LogP contribution in [0.1, 0.15) is 24.2 Å². The van der Waals surface area contributed by atoms with Crippen molar-refractivity contribution in [3.8, 4) is 0 Å². The summed E-state index contributed by atoms with van der Waals surface area (Å²) in [6.07, 6.45) is 2.92. The number of aliphatic imine (C=N–C) groups is 1. The second kappa shape index (κ2) is 7.39. The Morgan fingerprint density at radius 1 is 1.19 bits per heavy atom. The van der Waals surface area contributed by atoms with Gasteiger partial charge in [0.1, 0.15) is 11.6 Å². The lowest BCUT2D eigenvalue weighted by Gasteiger charge is -2.19. The highest BCUT2D eigenvalue weighted by atomic mass is 19.1. The molecule has 5 nitrogen and oxygen atoms in total. The average molecular weight is 365 g/mol. The Morgan fingerprint density at radius 3 is 2.78 bits per heavy atom. The molecule has 1 aliphatic rings. The maximum atomic E-state index is 13.5. The molecule has 1 fully saturated rings. The summed E-state index contributed by atoms with van der Waals surface area (Å²) < 4.78 is 13.5. The van der Waals surface area contributed by atoms with Gasteiger partial charge < -0.3 is 15.6 Å². The van der Waals surface area contributed by atoms with Gasteiger partial charge in [0.15, 0.2) is 5.96 Å². The number of rotatable bonds is 6. The minimum atomic E-state index is -0.174. The molecule has 1 aromatic heterocycles. The average Bonchev–Trinajstić information content (AvgIpc) is 3.36. The van der Waals surface area contributed by atoms with E-state index in [0.29, 0.717) is 0 Å². The van der Waals surface area contributed by atoms with Crippen molar-refractivity contribution in [2.24, 2.45) is 4.99 Å². The third-order valence-electron chi connectivity index (χ3n) is 5.20. The number of hydrogen-bond donors (Lipinski definition) is 3. The number of imidazole rings is 1. The molecule has 0 atom stereocenters. The standard InChI is InChI=1S/C21H24FN5/c1-23-20(24-12-9-19-26-17-7-2-3-8-18(17)27-19)25-14-21(10-11-21)15-5-4-6-16(22)13-15/h2-8,13H,9-12,14H2,1H3,(H,26,27)(H2,23,24,25). The molecule has 0 unspecified atom stereocenters. The molecular formula is C21H24FN5. The Hall–Kier alpha value is -2.89. The van der Waals surface area contributed by atoms with E-state index in [1.165, 1.54) is 6.07 Å². The van der Waals surface area contributed by atoms with Crippen LogP contribution >= 0.6 is 0 Å². The summed E-state index contributed by atoms with van der Waals surface area (Å²) in [6, 6.07) is 15.0. The van der Waals surface area contributed by atoms with Gasteiger partial charge in [-0.1, -0.05) is 24.3 Å². The van der Waals surface area contributed by atoms with E-state index < -0.39 is 0 Å². The Morgan fingerprint density at radius 2 is 2.04 bits per heavy atom. The molecule has 1 saturated carbocycles. The number of fused-ring (bicyclic) bond motifs is 1. The van der Waals surface area contributed by atoms with E-state index in [1.807, 2.05) is 30.3 Å². The second-order valence-corrected chi connectivity index (χ2v) is 7.09. The first-order valence-electron chi connectivity index (χ1n) is 9.33. The molecule has 27 heavy (non-hydrogen) atoms. The van der Waals surface area contributed by atoms with Crippen molar-refractivity contribution < 1.29 is 4.39 Å². The van der Waals surface area contributed by atoms with Gasteiger partial charge in [-0.05, 0) is 42.7 Å². The van der Waals surface area contributed by atoms with Gasteiger partial charge in [0, 0.05) is 32.0 Å². The number of guanidine groups is 1. The SMILES string of the molecule is CN=C(NCCc1nc2ccccc2[nH]1)NCC1(c2cccc(F)c2)CC1. The zero-order valence-electron chi connectivity index (χ0n) is 15.4. The minimum Gasteiger partial charge on any atom is -0.356 e. The largest absolute Gasteiger partial charge is 0.356 e. The molecule has 4 rings (SSSR count). The van der Waals surface area contributed by atoms with Gasteiger partial charge in [0.2, 0.25) is 0 Å². The first-order valence-corrected chi connectivity index (χ1v) is 9.33. The van der Waals surface area contributed by atoms with E-state index in [9.17, 15) is 4.39 Å². The van der Waals surface area contributed by atoms with Crippen molar-refractivity contribution in [2.45, 2.75) is 24.7 Å². The van der Waals surface area contributed by atoms with Crippen LogP contribution in [0.3, 0.4) is 0 Å². The first kappa shape index (κ1) is 17.5. The Balaban J connectivity index is 1.29. The molecule has 140 valence electrons. The Kier molecular flexibility index (Phi) is 4.79. The number of hydrogen-bond acceptors (Lipinski definition) is 2. The number of para-hydroxylation sites is 2. The molecule has 1 heterocycles. The van der Waals surface area contributed by atoms with E-state index in [0.717, 1.165) is 60.7 Å². The van der Waals surface area contributed by atoms with E-state index in [2.05, 4.69) is 25.6 Å². The van der Waals surface area contributed by atoms with Crippen molar-refractivity contribution in [1.82, 2.24) is 20.6 Å². The molecule has 0 saturated heterocycles. The van der Waals surface area contributed by atoms with E-state index in [-0.39, 0.29) is 11.2 Å². The lowest BCUT2D eigenvalue weighted by atomic mass is 9.96. The highest BCUT2D eigenvalue weighted by Gasteiger charge is 2.44. The summed E-state index contributed by atoms with van der Waals surface area (Å²) in [4.78, 5) is 12.2. The highest BCUT2D eigenvalue weighted by Crippen LogP contribution is 2.47. The zero-order chi connectivity index (χ0) is 18.7. The first-order chi connectivity index (χ1) is 13.2. The van der Waals surface area contributed by atoms with E-state index >= 15 is 0 Å². The van der Waals surface area contributed by atoms with Crippen LogP contribution in [0.4, 0.5) is 4.39 Å². The molecule has 0 spiro atoms. The van der Waals surface area contributed by atoms with Crippen LogP contribution in [0.15, 0.2) is 53.5 Å². The maximum absolute atomic E-state index is 13.5. The van der Waals surface area contributed by atoms with Gasteiger partial charge in [-0.2, -0.15) is 0 Å². The zero-order valence-corrected chi connectivity index (χ0v) is 15.4. The lowest BCUT2D eigenvalue weighted by Crippen LogP contribution is -2.42. The quantitative estimate of drug-likeness (QED) is 0.464.